The van der Waals surface area contributed by atoms with E-state index in [1.165, 1.54) is 0 Å². The van der Waals surface area contributed by atoms with Crippen LogP contribution in [0.5, 0.6) is 0 Å². The van der Waals surface area contributed by atoms with Gasteiger partial charge in [-0.1, -0.05) is 12.1 Å². The molecule has 6 heteroatoms. The van der Waals surface area contributed by atoms with Gasteiger partial charge in [-0.05, 0) is 36.6 Å². The SMILES string of the molecule is Cc1cnc(N2CCC(c3ccc(C(F)(F)F)cc3)C2)nc1. The van der Waals surface area contributed by atoms with E-state index in [0.29, 0.717) is 5.95 Å². The van der Waals surface area contributed by atoms with E-state index < -0.39 is 11.7 Å². The molecule has 0 saturated carbocycles. The number of hydrogen-bond donors (Lipinski definition) is 0. The molecule has 0 N–H and O–H groups in total. The van der Waals surface area contributed by atoms with Gasteiger partial charge >= 0.3 is 6.18 Å². The number of alkyl halides is 3. The van der Waals surface area contributed by atoms with Crippen LogP contribution in [-0.4, -0.2) is 23.1 Å². The molecular formula is C16H16F3N3. The summed E-state index contributed by atoms with van der Waals surface area (Å²) >= 11 is 0. The molecule has 1 fully saturated rings. The zero-order valence-electron chi connectivity index (χ0n) is 12.1. The van der Waals surface area contributed by atoms with Crippen molar-refractivity contribution in [3.63, 3.8) is 0 Å². The zero-order chi connectivity index (χ0) is 15.7. The van der Waals surface area contributed by atoms with Crippen molar-refractivity contribution >= 4 is 5.95 Å². The summed E-state index contributed by atoms with van der Waals surface area (Å²) in [6.07, 6.45) is 0.153. The number of aromatic nitrogens is 2. The lowest BCUT2D eigenvalue weighted by molar-refractivity contribution is -0.137. The first-order valence-electron chi connectivity index (χ1n) is 7.14. The molecule has 0 spiro atoms. The lowest BCUT2D eigenvalue weighted by atomic mass is 9.97. The van der Waals surface area contributed by atoms with Gasteiger partial charge in [0, 0.05) is 31.4 Å². The van der Waals surface area contributed by atoms with E-state index in [1.807, 2.05) is 6.92 Å². The van der Waals surface area contributed by atoms with Gasteiger partial charge in [-0.15, -0.1) is 0 Å². The van der Waals surface area contributed by atoms with Crippen molar-refractivity contribution in [1.82, 2.24) is 9.97 Å². The number of aryl methyl sites for hydroxylation is 1. The van der Waals surface area contributed by atoms with Crippen LogP contribution in [0.2, 0.25) is 0 Å². The largest absolute Gasteiger partial charge is 0.416 e. The van der Waals surface area contributed by atoms with Crippen LogP contribution in [0.3, 0.4) is 0 Å². The summed E-state index contributed by atoms with van der Waals surface area (Å²) in [5, 5.41) is 0. The van der Waals surface area contributed by atoms with Crippen molar-refractivity contribution in [2.75, 3.05) is 18.0 Å². The Labute approximate surface area is 126 Å². The van der Waals surface area contributed by atoms with Crippen LogP contribution >= 0.6 is 0 Å². The quantitative estimate of drug-likeness (QED) is 0.845. The Bertz CT molecular complexity index is 635. The molecule has 1 saturated heterocycles. The van der Waals surface area contributed by atoms with Gasteiger partial charge in [0.2, 0.25) is 5.95 Å². The average Bonchev–Trinajstić information content (AvgIpc) is 2.97. The first-order chi connectivity index (χ1) is 10.4. The van der Waals surface area contributed by atoms with E-state index in [2.05, 4.69) is 14.9 Å². The Morgan fingerprint density at radius 3 is 2.32 bits per heavy atom. The molecule has 3 rings (SSSR count). The van der Waals surface area contributed by atoms with Crippen LogP contribution in [0.4, 0.5) is 19.1 Å². The summed E-state index contributed by atoms with van der Waals surface area (Å²) in [6, 6.07) is 5.46. The predicted molar refractivity (Wildman–Crippen MR) is 77.8 cm³/mol. The Morgan fingerprint density at radius 1 is 1.09 bits per heavy atom. The summed E-state index contributed by atoms with van der Waals surface area (Å²) in [6.45, 7) is 3.47. The Hall–Kier alpha value is -2.11. The molecule has 1 aliphatic heterocycles. The number of rotatable bonds is 2. The molecule has 1 atom stereocenters. The maximum atomic E-state index is 12.6. The van der Waals surface area contributed by atoms with Gasteiger partial charge in [0.05, 0.1) is 5.56 Å². The molecule has 0 aliphatic carbocycles. The molecule has 116 valence electrons. The Kier molecular flexibility index (Phi) is 3.76. The van der Waals surface area contributed by atoms with Crippen LogP contribution in [-0.2, 0) is 6.18 Å². The smallest absolute Gasteiger partial charge is 0.340 e. The van der Waals surface area contributed by atoms with Gasteiger partial charge in [0.1, 0.15) is 0 Å². The summed E-state index contributed by atoms with van der Waals surface area (Å²) in [5.74, 6) is 0.896. The maximum Gasteiger partial charge on any atom is 0.416 e. The second-order valence-electron chi connectivity index (χ2n) is 5.61. The summed E-state index contributed by atoms with van der Waals surface area (Å²) in [5.41, 5.74) is 1.33. The maximum absolute atomic E-state index is 12.6. The monoisotopic (exact) mass is 307 g/mol. The Balaban J connectivity index is 1.71. The highest BCUT2D eigenvalue weighted by atomic mass is 19.4. The van der Waals surface area contributed by atoms with E-state index >= 15 is 0 Å². The second-order valence-corrected chi connectivity index (χ2v) is 5.61. The normalized spacial score (nSPS) is 18.7. The third-order valence-electron chi connectivity index (χ3n) is 3.95. The van der Waals surface area contributed by atoms with Crippen molar-refractivity contribution in [2.24, 2.45) is 0 Å². The van der Waals surface area contributed by atoms with Crippen LogP contribution in [0.25, 0.3) is 0 Å². The molecule has 2 heterocycles. The minimum atomic E-state index is -4.28. The first-order valence-corrected chi connectivity index (χ1v) is 7.14. The van der Waals surface area contributed by atoms with Gasteiger partial charge in [0.25, 0.3) is 0 Å². The molecule has 1 aromatic heterocycles. The van der Waals surface area contributed by atoms with E-state index in [1.54, 1.807) is 24.5 Å². The highest BCUT2D eigenvalue weighted by Gasteiger charge is 2.31. The number of anilines is 1. The van der Waals surface area contributed by atoms with E-state index in [4.69, 9.17) is 0 Å². The van der Waals surface area contributed by atoms with Crippen molar-refractivity contribution < 1.29 is 13.2 Å². The van der Waals surface area contributed by atoms with Crippen molar-refractivity contribution in [1.29, 1.82) is 0 Å². The van der Waals surface area contributed by atoms with Gasteiger partial charge in [-0.2, -0.15) is 13.2 Å². The number of benzene rings is 1. The fourth-order valence-corrected chi connectivity index (χ4v) is 2.71. The number of halogens is 3. The molecule has 0 radical (unpaired) electrons. The molecule has 1 aliphatic rings. The third kappa shape index (κ3) is 3.05. The molecule has 0 amide bonds. The average molecular weight is 307 g/mol. The lowest BCUT2D eigenvalue weighted by Crippen LogP contribution is -2.21. The minimum Gasteiger partial charge on any atom is -0.340 e. The highest BCUT2D eigenvalue weighted by molar-refractivity contribution is 5.36. The van der Waals surface area contributed by atoms with E-state index in [9.17, 15) is 13.2 Å². The molecule has 22 heavy (non-hydrogen) atoms. The van der Waals surface area contributed by atoms with E-state index in [-0.39, 0.29) is 5.92 Å². The molecule has 2 aromatic rings. The van der Waals surface area contributed by atoms with Crippen LogP contribution in [0.15, 0.2) is 36.7 Å². The number of hydrogen-bond acceptors (Lipinski definition) is 3. The van der Waals surface area contributed by atoms with Crippen molar-refractivity contribution in [2.45, 2.75) is 25.4 Å². The molecular weight excluding hydrogens is 291 g/mol. The summed E-state index contributed by atoms with van der Waals surface area (Å²) in [7, 11) is 0. The van der Waals surface area contributed by atoms with Crippen molar-refractivity contribution in [3.8, 4) is 0 Å². The fourth-order valence-electron chi connectivity index (χ4n) is 2.71. The topological polar surface area (TPSA) is 29.0 Å². The third-order valence-corrected chi connectivity index (χ3v) is 3.95. The van der Waals surface area contributed by atoms with Gasteiger partial charge < -0.3 is 4.90 Å². The van der Waals surface area contributed by atoms with Crippen molar-refractivity contribution in [3.05, 3.63) is 53.3 Å². The summed E-state index contributed by atoms with van der Waals surface area (Å²) < 4.78 is 37.8. The highest BCUT2D eigenvalue weighted by Crippen LogP contribution is 2.33. The van der Waals surface area contributed by atoms with Crippen LogP contribution in [0.1, 0.15) is 29.0 Å². The predicted octanol–water partition coefficient (Wildman–Crippen LogP) is 3.80. The second kappa shape index (κ2) is 5.59. The van der Waals surface area contributed by atoms with E-state index in [0.717, 1.165) is 42.8 Å². The molecule has 3 nitrogen and oxygen atoms in total. The summed E-state index contributed by atoms with van der Waals surface area (Å²) in [4.78, 5) is 10.7. The minimum absolute atomic E-state index is 0.215. The van der Waals surface area contributed by atoms with Gasteiger partial charge in [-0.3, -0.25) is 0 Å². The first kappa shape index (κ1) is 14.8. The van der Waals surface area contributed by atoms with Crippen LogP contribution in [0, 0.1) is 6.92 Å². The van der Waals surface area contributed by atoms with Gasteiger partial charge in [-0.25, -0.2) is 9.97 Å². The Morgan fingerprint density at radius 2 is 1.73 bits per heavy atom. The number of nitrogens with zero attached hydrogens (tertiary/aromatic N) is 3. The molecule has 1 unspecified atom stereocenters. The zero-order valence-corrected chi connectivity index (χ0v) is 12.1. The van der Waals surface area contributed by atoms with Crippen LogP contribution < -0.4 is 4.90 Å². The standard InChI is InChI=1S/C16H16F3N3/c1-11-8-20-15(21-9-11)22-7-6-13(10-22)12-2-4-14(5-3-12)16(17,18)19/h2-5,8-9,13H,6-7,10H2,1H3. The van der Waals surface area contributed by atoms with Gasteiger partial charge in [0.15, 0.2) is 0 Å². The fraction of sp³-hybridized carbons (Fsp3) is 0.375. The lowest BCUT2D eigenvalue weighted by Gasteiger charge is -2.16. The molecule has 1 aromatic carbocycles. The molecule has 0 bridgehead atoms.